The lowest BCUT2D eigenvalue weighted by Gasteiger charge is -2.36. The number of rotatable bonds is 8. The first kappa shape index (κ1) is 17.8. The molecule has 3 N–H and O–H groups in total. The number of hydrogen-bond acceptors (Lipinski definition) is 4. The lowest BCUT2D eigenvalue weighted by molar-refractivity contribution is -0.142. The van der Waals surface area contributed by atoms with E-state index in [1.807, 2.05) is 6.92 Å². The summed E-state index contributed by atoms with van der Waals surface area (Å²) in [7, 11) is -3.23. The van der Waals surface area contributed by atoms with Crippen molar-refractivity contribution in [3.63, 3.8) is 0 Å². The number of carbonyl (C=O) groups is 2. The molecule has 2 rings (SSSR count). The first-order valence-corrected chi connectivity index (χ1v) is 9.32. The Morgan fingerprint density at radius 2 is 1.91 bits per heavy atom. The van der Waals surface area contributed by atoms with Crippen LogP contribution in [0, 0.1) is 5.92 Å². The lowest BCUT2D eigenvalue weighted by Crippen LogP contribution is -2.28. The van der Waals surface area contributed by atoms with Crippen molar-refractivity contribution in [3.8, 4) is 0 Å². The molecular formula is C16H23NO5S. The Labute approximate surface area is 137 Å². The number of benzene rings is 1. The fraction of sp³-hybridized carbons (Fsp3) is 0.500. The third kappa shape index (κ3) is 3.68. The van der Waals surface area contributed by atoms with Crippen molar-refractivity contribution >= 4 is 22.7 Å². The molecule has 0 aromatic heterocycles. The van der Waals surface area contributed by atoms with Crippen LogP contribution in [0.5, 0.6) is 0 Å². The van der Waals surface area contributed by atoms with E-state index in [0.717, 1.165) is 17.1 Å². The molecule has 23 heavy (non-hydrogen) atoms. The van der Waals surface area contributed by atoms with Crippen LogP contribution in [0.3, 0.4) is 0 Å². The predicted molar refractivity (Wildman–Crippen MR) is 88.5 cm³/mol. The van der Waals surface area contributed by atoms with Gasteiger partial charge >= 0.3 is 5.97 Å². The standard InChI is InChI=1S/C16H23NO5S/c1-2-12(16(19)20)8-4-3-7-11-17-15(18)13-9-5-6-10-14(13)23(17,21)22/h5-6,9-10,12,21-22H,2-4,7-8,11H2,1H3,(H,19,20). The SMILES string of the molecule is CCC(CCCCCN1C(=O)c2ccccc2S1(O)O)C(=O)O. The Bertz CT molecular complexity index is 590. The van der Waals surface area contributed by atoms with Gasteiger partial charge in [0.15, 0.2) is 0 Å². The third-order valence-corrected chi connectivity index (χ3v) is 6.11. The smallest absolute Gasteiger partial charge is 0.306 e. The first-order chi connectivity index (χ1) is 10.9. The molecule has 1 heterocycles. The molecule has 1 amide bonds. The van der Waals surface area contributed by atoms with Crippen LogP contribution < -0.4 is 0 Å². The summed E-state index contributed by atoms with van der Waals surface area (Å²) in [6.07, 6.45) is 3.33. The fourth-order valence-corrected chi connectivity index (χ4v) is 4.47. The zero-order valence-corrected chi connectivity index (χ0v) is 14.0. The van der Waals surface area contributed by atoms with E-state index < -0.39 is 16.7 Å². The molecule has 0 aliphatic carbocycles. The van der Waals surface area contributed by atoms with Gasteiger partial charge in [0, 0.05) is 6.54 Å². The third-order valence-electron chi connectivity index (χ3n) is 4.20. The Kier molecular flexibility index (Phi) is 5.67. The zero-order valence-electron chi connectivity index (χ0n) is 13.1. The molecule has 1 aliphatic rings. The maximum atomic E-state index is 12.3. The van der Waals surface area contributed by atoms with Gasteiger partial charge in [0.1, 0.15) is 0 Å². The fourth-order valence-electron chi connectivity index (χ4n) is 2.80. The van der Waals surface area contributed by atoms with Crippen LogP contribution in [0.4, 0.5) is 0 Å². The molecule has 0 spiro atoms. The van der Waals surface area contributed by atoms with Gasteiger partial charge in [0.2, 0.25) is 0 Å². The van der Waals surface area contributed by atoms with E-state index in [4.69, 9.17) is 5.11 Å². The number of nitrogens with zero attached hydrogens (tertiary/aromatic N) is 1. The summed E-state index contributed by atoms with van der Waals surface area (Å²) in [6, 6.07) is 6.55. The van der Waals surface area contributed by atoms with E-state index in [1.54, 1.807) is 24.3 Å². The van der Waals surface area contributed by atoms with Crippen molar-refractivity contribution in [3.05, 3.63) is 29.8 Å². The van der Waals surface area contributed by atoms with Crippen LogP contribution in [0.15, 0.2) is 29.2 Å². The van der Waals surface area contributed by atoms with Crippen molar-refractivity contribution in [2.45, 2.75) is 43.9 Å². The molecular weight excluding hydrogens is 318 g/mol. The van der Waals surface area contributed by atoms with E-state index >= 15 is 0 Å². The highest BCUT2D eigenvalue weighted by molar-refractivity contribution is 8.23. The van der Waals surface area contributed by atoms with Gasteiger partial charge in [-0.3, -0.25) is 18.7 Å². The van der Waals surface area contributed by atoms with E-state index in [0.29, 0.717) is 29.7 Å². The summed E-state index contributed by atoms with van der Waals surface area (Å²) >= 11 is 0. The molecule has 0 radical (unpaired) electrons. The number of amides is 1. The van der Waals surface area contributed by atoms with E-state index in [-0.39, 0.29) is 18.4 Å². The Balaban J connectivity index is 1.85. The van der Waals surface area contributed by atoms with E-state index in [2.05, 4.69) is 0 Å². The van der Waals surface area contributed by atoms with Crippen LogP contribution in [-0.4, -0.2) is 36.9 Å². The van der Waals surface area contributed by atoms with Crippen LogP contribution in [0.1, 0.15) is 49.4 Å². The highest BCUT2D eigenvalue weighted by Crippen LogP contribution is 2.58. The number of carboxylic acids is 1. The van der Waals surface area contributed by atoms with Gasteiger partial charge in [0.05, 0.1) is 16.4 Å². The van der Waals surface area contributed by atoms with Crippen LogP contribution in [0.25, 0.3) is 0 Å². The van der Waals surface area contributed by atoms with E-state index in [9.17, 15) is 18.7 Å². The maximum Gasteiger partial charge on any atom is 0.306 e. The van der Waals surface area contributed by atoms with Crippen LogP contribution >= 0.6 is 10.8 Å². The minimum Gasteiger partial charge on any atom is -0.481 e. The predicted octanol–water partition coefficient (Wildman–Crippen LogP) is 3.84. The number of carboxylic acid groups (broad SMARTS) is 1. The topological polar surface area (TPSA) is 98.1 Å². The van der Waals surface area contributed by atoms with Crippen molar-refractivity contribution in [1.29, 1.82) is 0 Å². The van der Waals surface area contributed by atoms with Crippen molar-refractivity contribution in [2.75, 3.05) is 6.54 Å². The summed E-state index contributed by atoms with van der Waals surface area (Å²) in [5, 5.41) is 8.99. The second-order valence-electron chi connectivity index (χ2n) is 5.71. The molecule has 1 atom stereocenters. The average Bonchev–Trinajstić information content (AvgIpc) is 2.71. The van der Waals surface area contributed by atoms with Gasteiger partial charge in [0.25, 0.3) is 5.91 Å². The number of carbonyl (C=O) groups excluding carboxylic acids is 1. The quantitative estimate of drug-likeness (QED) is 0.624. The number of aliphatic carboxylic acids is 1. The molecule has 1 unspecified atom stereocenters. The maximum absolute atomic E-state index is 12.3. The normalized spacial score (nSPS) is 18.6. The Morgan fingerprint density at radius 1 is 1.22 bits per heavy atom. The molecule has 1 aromatic carbocycles. The molecule has 7 heteroatoms. The average molecular weight is 341 g/mol. The molecule has 128 valence electrons. The highest BCUT2D eigenvalue weighted by Gasteiger charge is 2.40. The van der Waals surface area contributed by atoms with Gasteiger partial charge < -0.3 is 5.11 Å². The molecule has 1 aromatic rings. The summed E-state index contributed by atoms with van der Waals surface area (Å²) in [4.78, 5) is 23.5. The summed E-state index contributed by atoms with van der Waals surface area (Å²) in [5.74, 6) is -1.45. The van der Waals surface area contributed by atoms with Gasteiger partial charge in [-0.2, -0.15) is 0 Å². The first-order valence-electron chi connectivity index (χ1n) is 7.81. The lowest BCUT2D eigenvalue weighted by atomic mass is 9.99. The van der Waals surface area contributed by atoms with Gasteiger partial charge in [-0.25, -0.2) is 4.31 Å². The Morgan fingerprint density at radius 3 is 2.52 bits per heavy atom. The molecule has 0 saturated carbocycles. The van der Waals surface area contributed by atoms with Crippen molar-refractivity contribution in [1.82, 2.24) is 4.31 Å². The molecule has 0 saturated heterocycles. The minimum atomic E-state index is -3.23. The van der Waals surface area contributed by atoms with Gasteiger partial charge in [-0.15, -0.1) is 0 Å². The van der Waals surface area contributed by atoms with Crippen LogP contribution in [-0.2, 0) is 4.79 Å². The summed E-state index contributed by atoms with van der Waals surface area (Å²) < 4.78 is 21.7. The number of fused-ring (bicyclic) bond motifs is 1. The molecule has 1 aliphatic heterocycles. The van der Waals surface area contributed by atoms with Crippen molar-refractivity contribution < 1.29 is 23.8 Å². The Hall–Kier alpha value is -1.57. The summed E-state index contributed by atoms with van der Waals surface area (Å²) in [6.45, 7) is 2.12. The number of hydrogen-bond donors (Lipinski definition) is 3. The van der Waals surface area contributed by atoms with Gasteiger partial charge in [-0.1, -0.05) is 42.7 Å². The van der Waals surface area contributed by atoms with Gasteiger partial charge in [-0.05, 0) is 31.4 Å². The molecule has 0 bridgehead atoms. The summed E-state index contributed by atoms with van der Waals surface area (Å²) in [5.41, 5.74) is 0.351. The van der Waals surface area contributed by atoms with Crippen molar-refractivity contribution in [2.24, 2.45) is 5.92 Å². The monoisotopic (exact) mass is 341 g/mol. The largest absolute Gasteiger partial charge is 0.481 e. The number of unbranched alkanes of at least 4 members (excludes halogenated alkanes) is 2. The highest BCUT2D eigenvalue weighted by atomic mass is 32.3. The van der Waals surface area contributed by atoms with E-state index in [1.165, 1.54) is 0 Å². The second-order valence-corrected chi connectivity index (χ2v) is 7.63. The molecule has 6 nitrogen and oxygen atoms in total. The second kappa shape index (κ2) is 7.33. The molecule has 0 fully saturated rings. The van der Waals surface area contributed by atoms with Crippen LogP contribution in [0.2, 0.25) is 0 Å². The zero-order chi connectivity index (χ0) is 17.0. The minimum absolute atomic E-state index is 0.264.